The molecule has 1 saturated heterocycles. The van der Waals surface area contributed by atoms with Crippen molar-refractivity contribution in [3.05, 3.63) is 33.4 Å². The highest BCUT2D eigenvalue weighted by molar-refractivity contribution is 7.11. The largest absolute Gasteiger partial charge is 0.354 e. The van der Waals surface area contributed by atoms with Crippen LogP contribution in [-0.2, 0) is 12.8 Å². The van der Waals surface area contributed by atoms with Crippen LogP contribution >= 0.6 is 11.3 Å². The van der Waals surface area contributed by atoms with Crippen LogP contribution in [0.1, 0.15) is 33.0 Å². The Labute approximate surface area is 139 Å². The van der Waals surface area contributed by atoms with E-state index in [4.69, 9.17) is 0 Å². The second-order valence-corrected chi connectivity index (χ2v) is 7.13. The fourth-order valence-electron chi connectivity index (χ4n) is 3.19. The van der Waals surface area contributed by atoms with E-state index in [-0.39, 0.29) is 5.91 Å². The van der Waals surface area contributed by atoms with Crippen molar-refractivity contribution >= 4 is 23.1 Å². The summed E-state index contributed by atoms with van der Waals surface area (Å²) in [6.07, 6.45) is 3.38. The number of aryl methyl sites for hydroxylation is 3. The molecule has 2 aromatic rings. The van der Waals surface area contributed by atoms with Crippen LogP contribution in [0.15, 0.2) is 11.6 Å². The number of carbonyl (C=O) groups is 1. The number of aromatic nitrogens is 3. The number of rotatable bonds is 4. The third kappa shape index (κ3) is 2.81. The van der Waals surface area contributed by atoms with Crippen molar-refractivity contribution in [3.63, 3.8) is 0 Å². The highest BCUT2D eigenvalue weighted by atomic mass is 32.1. The van der Waals surface area contributed by atoms with E-state index in [1.165, 1.54) is 23.3 Å². The predicted octanol–water partition coefficient (Wildman–Crippen LogP) is 1.60. The molecule has 3 heterocycles. The first-order valence-electron chi connectivity index (χ1n) is 7.99. The van der Waals surface area contributed by atoms with Crippen LogP contribution in [0.25, 0.3) is 0 Å². The van der Waals surface area contributed by atoms with Crippen molar-refractivity contribution < 1.29 is 4.79 Å². The number of fused-ring (bicyclic) bond motifs is 1. The van der Waals surface area contributed by atoms with Crippen molar-refractivity contribution in [3.8, 4) is 0 Å². The fourth-order valence-corrected chi connectivity index (χ4v) is 3.91. The minimum Gasteiger partial charge on any atom is -0.354 e. The topological polar surface area (TPSA) is 71.0 Å². The molecule has 0 aromatic carbocycles. The molecule has 1 aliphatic heterocycles. The van der Waals surface area contributed by atoms with E-state index in [1.807, 2.05) is 6.92 Å². The van der Waals surface area contributed by atoms with Gasteiger partial charge in [0.05, 0.1) is 16.9 Å². The molecule has 0 bridgehead atoms. The van der Waals surface area contributed by atoms with Crippen LogP contribution in [0.4, 0.5) is 5.82 Å². The average Bonchev–Trinajstić information content (AvgIpc) is 3.13. The lowest BCUT2D eigenvalue weighted by molar-refractivity contribution is 0.0948. The summed E-state index contributed by atoms with van der Waals surface area (Å²) < 4.78 is 0. The molecule has 1 aliphatic carbocycles. The van der Waals surface area contributed by atoms with E-state index in [0.717, 1.165) is 43.1 Å². The summed E-state index contributed by atoms with van der Waals surface area (Å²) in [6.45, 7) is 4.42. The van der Waals surface area contributed by atoms with Crippen molar-refractivity contribution in [1.29, 1.82) is 0 Å². The molecule has 2 aromatic heterocycles. The van der Waals surface area contributed by atoms with Crippen LogP contribution in [0.2, 0.25) is 0 Å². The molecular formula is C16H19N5OS. The molecule has 6 nitrogen and oxygen atoms in total. The van der Waals surface area contributed by atoms with E-state index in [1.54, 1.807) is 5.51 Å². The molecule has 23 heavy (non-hydrogen) atoms. The van der Waals surface area contributed by atoms with E-state index in [0.29, 0.717) is 17.3 Å². The highest BCUT2D eigenvalue weighted by Gasteiger charge is 2.29. The molecule has 1 fully saturated rings. The van der Waals surface area contributed by atoms with Crippen LogP contribution in [0.5, 0.6) is 0 Å². The lowest BCUT2D eigenvalue weighted by Crippen LogP contribution is -2.52. The Morgan fingerprint density at radius 3 is 3.04 bits per heavy atom. The Morgan fingerprint density at radius 2 is 2.26 bits per heavy atom. The van der Waals surface area contributed by atoms with Crippen molar-refractivity contribution in [2.75, 3.05) is 24.5 Å². The van der Waals surface area contributed by atoms with Crippen LogP contribution in [0, 0.1) is 12.8 Å². The molecule has 4 rings (SSSR count). The average molecular weight is 329 g/mol. The molecule has 0 saturated carbocycles. The number of thiazole rings is 1. The van der Waals surface area contributed by atoms with Gasteiger partial charge in [0.1, 0.15) is 4.88 Å². The Balaban J connectivity index is 1.29. The number of amides is 1. The molecule has 1 N–H and O–H groups in total. The van der Waals surface area contributed by atoms with Gasteiger partial charge in [-0.1, -0.05) is 0 Å². The minimum atomic E-state index is -0.0132. The molecular weight excluding hydrogens is 310 g/mol. The molecule has 0 atom stereocenters. The zero-order valence-electron chi connectivity index (χ0n) is 13.1. The standard InChI is InChI=1S/C16H19N5OS/c1-10-15(23-9-18-10)16(22)17-6-11-7-21(8-11)14-5-12-3-2-4-13(12)19-20-14/h5,9,11H,2-4,6-8H2,1H3,(H,17,22). The van der Waals surface area contributed by atoms with Gasteiger partial charge in [-0.25, -0.2) is 4.98 Å². The monoisotopic (exact) mass is 329 g/mol. The first-order valence-corrected chi connectivity index (χ1v) is 8.87. The number of carbonyl (C=O) groups excluding carboxylic acids is 1. The van der Waals surface area contributed by atoms with Crippen LogP contribution < -0.4 is 10.2 Å². The van der Waals surface area contributed by atoms with Gasteiger partial charge in [0.25, 0.3) is 5.91 Å². The second kappa shape index (κ2) is 5.88. The summed E-state index contributed by atoms with van der Waals surface area (Å²) in [5.74, 6) is 1.44. The van der Waals surface area contributed by atoms with Gasteiger partial charge in [-0.2, -0.15) is 5.10 Å². The smallest absolute Gasteiger partial charge is 0.263 e. The molecule has 120 valence electrons. The summed E-state index contributed by atoms with van der Waals surface area (Å²) in [5.41, 5.74) is 5.03. The molecule has 0 radical (unpaired) electrons. The second-order valence-electron chi connectivity index (χ2n) is 6.28. The summed E-state index contributed by atoms with van der Waals surface area (Å²) in [5, 5.41) is 11.7. The number of anilines is 1. The summed E-state index contributed by atoms with van der Waals surface area (Å²) >= 11 is 1.39. The first kappa shape index (κ1) is 14.6. The maximum Gasteiger partial charge on any atom is 0.263 e. The van der Waals surface area contributed by atoms with E-state index in [9.17, 15) is 4.79 Å². The van der Waals surface area contributed by atoms with E-state index in [2.05, 4.69) is 31.5 Å². The van der Waals surface area contributed by atoms with E-state index >= 15 is 0 Å². The molecule has 7 heteroatoms. The van der Waals surface area contributed by atoms with Gasteiger partial charge in [-0.3, -0.25) is 4.79 Å². The Hall–Kier alpha value is -2.02. The van der Waals surface area contributed by atoms with E-state index < -0.39 is 0 Å². The minimum absolute atomic E-state index is 0.0132. The first-order chi connectivity index (χ1) is 11.2. The molecule has 0 spiro atoms. The number of nitrogens with one attached hydrogen (secondary N) is 1. The van der Waals surface area contributed by atoms with Gasteiger partial charge >= 0.3 is 0 Å². The lowest BCUT2D eigenvalue weighted by Gasteiger charge is -2.40. The number of nitrogens with zero attached hydrogens (tertiary/aromatic N) is 4. The molecule has 1 amide bonds. The summed E-state index contributed by atoms with van der Waals surface area (Å²) in [7, 11) is 0. The van der Waals surface area contributed by atoms with Gasteiger partial charge in [-0.05, 0) is 37.8 Å². The number of hydrogen-bond acceptors (Lipinski definition) is 6. The Kier molecular flexibility index (Phi) is 3.72. The van der Waals surface area contributed by atoms with Crippen molar-refractivity contribution in [1.82, 2.24) is 20.5 Å². The van der Waals surface area contributed by atoms with Gasteiger partial charge in [0, 0.05) is 25.6 Å². The maximum absolute atomic E-state index is 12.1. The quantitative estimate of drug-likeness (QED) is 0.922. The lowest BCUT2D eigenvalue weighted by atomic mass is 10.00. The highest BCUT2D eigenvalue weighted by Crippen LogP contribution is 2.27. The third-order valence-electron chi connectivity index (χ3n) is 4.59. The SMILES string of the molecule is Cc1ncsc1C(=O)NCC1CN(c2cc3c(nn2)CCC3)C1. The maximum atomic E-state index is 12.1. The normalized spacial score (nSPS) is 17.0. The number of hydrogen-bond donors (Lipinski definition) is 1. The van der Waals surface area contributed by atoms with Gasteiger partial charge in [-0.15, -0.1) is 16.4 Å². The van der Waals surface area contributed by atoms with Crippen LogP contribution in [0.3, 0.4) is 0 Å². The zero-order valence-corrected chi connectivity index (χ0v) is 13.9. The van der Waals surface area contributed by atoms with Gasteiger partial charge in [0.15, 0.2) is 5.82 Å². The Morgan fingerprint density at radius 1 is 1.39 bits per heavy atom. The Bertz CT molecular complexity index is 738. The third-order valence-corrected chi connectivity index (χ3v) is 5.52. The summed E-state index contributed by atoms with van der Waals surface area (Å²) in [6, 6.07) is 2.19. The molecule has 2 aliphatic rings. The van der Waals surface area contributed by atoms with Gasteiger partial charge in [0.2, 0.25) is 0 Å². The zero-order chi connectivity index (χ0) is 15.8. The molecule has 0 unspecified atom stereocenters. The van der Waals surface area contributed by atoms with Crippen molar-refractivity contribution in [2.24, 2.45) is 5.92 Å². The summed E-state index contributed by atoms with van der Waals surface area (Å²) in [4.78, 5) is 19.1. The van der Waals surface area contributed by atoms with Crippen molar-refractivity contribution in [2.45, 2.75) is 26.2 Å². The fraction of sp³-hybridized carbons (Fsp3) is 0.500. The van der Waals surface area contributed by atoms with Crippen LogP contribution in [-0.4, -0.2) is 40.7 Å². The van der Waals surface area contributed by atoms with Gasteiger partial charge < -0.3 is 10.2 Å². The predicted molar refractivity (Wildman–Crippen MR) is 88.9 cm³/mol.